The van der Waals surface area contributed by atoms with E-state index in [1.807, 2.05) is 36.4 Å². The van der Waals surface area contributed by atoms with Gasteiger partial charge in [-0.15, -0.1) is 11.3 Å². The van der Waals surface area contributed by atoms with Crippen molar-refractivity contribution in [1.82, 2.24) is 9.97 Å². The van der Waals surface area contributed by atoms with Crippen LogP contribution in [0.25, 0.3) is 0 Å². The lowest BCUT2D eigenvalue weighted by atomic mass is 10.2. The number of para-hydroxylation sites is 1. The van der Waals surface area contributed by atoms with Crippen molar-refractivity contribution < 1.29 is 4.79 Å². The molecule has 1 amide bonds. The van der Waals surface area contributed by atoms with Crippen molar-refractivity contribution in [3.05, 3.63) is 65.3 Å². The normalized spacial score (nSPS) is 13.0. The number of carbonyl (C=O) groups excluding carboxylic acids is 1. The van der Waals surface area contributed by atoms with Gasteiger partial charge in [0.15, 0.2) is 5.13 Å². The van der Waals surface area contributed by atoms with E-state index in [1.54, 1.807) is 16.5 Å². The molecule has 0 fully saturated rings. The highest BCUT2D eigenvalue weighted by atomic mass is 32.1. The molecule has 0 aliphatic carbocycles. The van der Waals surface area contributed by atoms with Gasteiger partial charge in [-0.05, 0) is 30.2 Å². The van der Waals surface area contributed by atoms with Crippen LogP contribution < -0.4 is 10.2 Å². The number of rotatable bonds is 3. The Morgan fingerprint density at radius 1 is 1.17 bits per heavy atom. The lowest BCUT2D eigenvalue weighted by molar-refractivity contribution is 0.0985. The van der Waals surface area contributed by atoms with Crippen LogP contribution in [0.15, 0.2) is 54.0 Å². The first kappa shape index (κ1) is 13.9. The summed E-state index contributed by atoms with van der Waals surface area (Å²) in [7, 11) is 0. The van der Waals surface area contributed by atoms with Crippen LogP contribution in [0.5, 0.6) is 0 Å². The number of aromatic nitrogens is 2. The molecule has 2 aromatic heterocycles. The van der Waals surface area contributed by atoms with E-state index in [1.165, 1.54) is 16.9 Å². The molecule has 0 saturated heterocycles. The van der Waals surface area contributed by atoms with Crippen LogP contribution in [0, 0.1) is 0 Å². The van der Waals surface area contributed by atoms with Gasteiger partial charge in [-0.1, -0.05) is 24.3 Å². The molecule has 0 radical (unpaired) electrons. The predicted octanol–water partition coefficient (Wildman–Crippen LogP) is 3.48. The standard InChI is InChI=1S/C17H14N4OS/c22-16(21-10-8-12-5-1-2-6-14(12)21)13-11-23-17(19-13)20-15-7-3-4-9-18-15/h1-7,9,11H,8,10H2,(H,18,19,20). The molecule has 23 heavy (non-hydrogen) atoms. The minimum atomic E-state index is -0.0553. The van der Waals surface area contributed by atoms with E-state index in [4.69, 9.17) is 0 Å². The van der Waals surface area contributed by atoms with Gasteiger partial charge in [-0.25, -0.2) is 9.97 Å². The van der Waals surface area contributed by atoms with Gasteiger partial charge in [0.25, 0.3) is 5.91 Å². The molecule has 0 atom stereocenters. The molecule has 0 saturated carbocycles. The van der Waals surface area contributed by atoms with Crippen LogP contribution in [-0.4, -0.2) is 22.4 Å². The molecule has 3 aromatic rings. The highest BCUT2D eigenvalue weighted by Gasteiger charge is 2.26. The molecule has 0 unspecified atom stereocenters. The molecule has 0 bridgehead atoms. The summed E-state index contributed by atoms with van der Waals surface area (Å²) in [6.07, 6.45) is 2.61. The quantitative estimate of drug-likeness (QED) is 0.802. The number of fused-ring (bicyclic) bond motifs is 1. The molecular formula is C17H14N4OS. The van der Waals surface area contributed by atoms with E-state index < -0.39 is 0 Å². The number of nitrogens with one attached hydrogen (secondary N) is 1. The van der Waals surface area contributed by atoms with Crippen molar-refractivity contribution >= 4 is 33.9 Å². The van der Waals surface area contributed by atoms with Crippen molar-refractivity contribution in [2.24, 2.45) is 0 Å². The maximum Gasteiger partial charge on any atom is 0.277 e. The molecule has 114 valence electrons. The second-order valence-corrected chi connectivity index (χ2v) is 6.07. The van der Waals surface area contributed by atoms with E-state index >= 15 is 0 Å². The van der Waals surface area contributed by atoms with E-state index in [0.29, 0.717) is 23.2 Å². The van der Waals surface area contributed by atoms with Crippen LogP contribution >= 0.6 is 11.3 Å². The lowest BCUT2D eigenvalue weighted by Gasteiger charge is -2.15. The molecule has 5 nitrogen and oxygen atoms in total. The van der Waals surface area contributed by atoms with Crippen molar-refractivity contribution in [1.29, 1.82) is 0 Å². The second kappa shape index (κ2) is 5.81. The van der Waals surface area contributed by atoms with E-state index in [0.717, 1.165) is 12.1 Å². The zero-order valence-corrected chi connectivity index (χ0v) is 13.1. The van der Waals surface area contributed by atoms with Crippen LogP contribution in [0.4, 0.5) is 16.6 Å². The molecule has 6 heteroatoms. The van der Waals surface area contributed by atoms with Gasteiger partial charge in [-0.2, -0.15) is 0 Å². The first-order valence-electron chi connectivity index (χ1n) is 7.34. The van der Waals surface area contributed by atoms with Crippen LogP contribution in [0.3, 0.4) is 0 Å². The third-order valence-corrected chi connectivity index (χ3v) is 4.51. The minimum absolute atomic E-state index is 0.0553. The van der Waals surface area contributed by atoms with E-state index in [-0.39, 0.29) is 5.91 Å². The Morgan fingerprint density at radius 3 is 2.91 bits per heavy atom. The highest BCUT2D eigenvalue weighted by Crippen LogP contribution is 2.29. The SMILES string of the molecule is O=C(c1csc(Nc2ccccn2)n1)N1CCc2ccccc21. The van der Waals surface area contributed by atoms with E-state index in [9.17, 15) is 4.79 Å². The fourth-order valence-electron chi connectivity index (χ4n) is 2.66. The number of pyridine rings is 1. The molecule has 4 rings (SSSR count). The molecule has 1 N–H and O–H groups in total. The number of amides is 1. The average molecular weight is 322 g/mol. The monoisotopic (exact) mass is 322 g/mol. The Labute approximate surface area is 137 Å². The second-order valence-electron chi connectivity index (χ2n) is 5.21. The van der Waals surface area contributed by atoms with Crippen LogP contribution in [-0.2, 0) is 6.42 Å². The summed E-state index contributed by atoms with van der Waals surface area (Å²) in [5.41, 5.74) is 2.66. The summed E-state index contributed by atoms with van der Waals surface area (Å²) in [5.74, 6) is 0.660. The number of thiazole rings is 1. The summed E-state index contributed by atoms with van der Waals surface area (Å²) in [4.78, 5) is 23.1. The number of anilines is 3. The molecule has 1 aromatic carbocycles. The zero-order chi connectivity index (χ0) is 15.6. The summed E-state index contributed by atoms with van der Waals surface area (Å²) in [6.45, 7) is 0.707. The molecule has 1 aliphatic rings. The largest absolute Gasteiger partial charge is 0.316 e. The smallest absolute Gasteiger partial charge is 0.277 e. The number of hydrogen-bond acceptors (Lipinski definition) is 5. The summed E-state index contributed by atoms with van der Waals surface area (Å²) in [5, 5.41) is 5.57. The van der Waals surface area contributed by atoms with Crippen LogP contribution in [0.2, 0.25) is 0 Å². The Bertz CT molecular complexity index is 847. The maximum absolute atomic E-state index is 12.7. The number of nitrogens with zero attached hydrogens (tertiary/aromatic N) is 3. The van der Waals surface area contributed by atoms with Gasteiger partial charge in [0, 0.05) is 23.8 Å². The van der Waals surface area contributed by atoms with Gasteiger partial charge in [0.05, 0.1) is 0 Å². The lowest BCUT2D eigenvalue weighted by Crippen LogP contribution is -2.29. The maximum atomic E-state index is 12.7. The highest BCUT2D eigenvalue weighted by molar-refractivity contribution is 7.14. The third kappa shape index (κ3) is 2.68. The van der Waals surface area contributed by atoms with Gasteiger partial charge in [0.1, 0.15) is 11.5 Å². The fraction of sp³-hybridized carbons (Fsp3) is 0.118. The van der Waals surface area contributed by atoms with Gasteiger partial charge >= 0.3 is 0 Å². The molecule has 0 spiro atoms. The first-order chi connectivity index (χ1) is 11.3. The van der Waals surface area contributed by atoms with Crippen molar-refractivity contribution in [3.8, 4) is 0 Å². The van der Waals surface area contributed by atoms with Crippen molar-refractivity contribution in [2.75, 3.05) is 16.8 Å². The van der Waals surface area contributed by atoms with Gasteiger partial charge < -0.3 is 10.2 Å². The molecular weight excluding hydrogens is 308 g/mol. The zero-order valence-electron chi connectivity index (χ0n) is 12.3. The number of carbonyl (C=O) groups is 1. The summed E-state index contributed by atoms with van der Waals surface area (Å²) < 4.78 is 0. The first-order valence-corrected chi connectivity index (χ1v) is 8.22. The molecule has 3 heterocycles. The minimum Gasteiger partial charge on any atom is -0.316 e. The Kier molecular flexibility index (Phi) is 3.51. The summed E-state index contributed by atoms with van der Waals surface area (Å²) in [6, 6.07) is 13.6. The fourth-order valence-corrected chi connectivity index (χ4v) is 3.35. The predicted molar refractivity (Wildman–Crippen MR) is 91.5 cm³/mol. The third-order valence-electron chi connectivity index (χ3n) is 3.76. The van der Waals surface area contributed by atoms with Crippen molar-refractivity contribution in [2.45, 2.75) is 6.42 Å². The number of benzene rings is 1. The Balaban J connectivity index is 1.54. The van der Waals surface area contributed by atoms with Crippen molar-refractivity contribution in [3.63, 3.8) is 0 Å². The molecule has 1 aliphatic heterocycles. The Hall–Kier alpha value is -2.73. The topological polar surface area (TPSA) is 58.1 Å². The van der Waals surface area contributed by atoms with Gasteiger partial charge in [0.2, 0.25) is 0 Å². The average Bonchev–Trinajstić information content (AvgIpc) is 3.22. The summed E-state index contributed by atoms with van der Waals surface area (Å²) >= 11 is 1.40. The van der Waals surface area contributed by atoms with Gasteiger partial charge in [-0.3, -0.25) is 4.79 Å². The number of hydrogen-bond donors (Lipinski definition) is 1. The van der Waals surface area contributed by atoms with Crippen LogP contribution in [0.1, 0.15) is 16.1 Å². The van der Waals surface area contributed by atoms with E-state index in [2.05, 4.69) is 21.4 Å². The Morgan fingerprint density at radius 2 is 2.04 bits per heavy atom.